The highest BCUT2D eigenvalue weighted by Gasteiger charge is 2.38. The van der Waals surface area contributed by atoms with Gasteiger partial charge in [-0.2, -0.15) is 0 Å². The first-order chi connectivity index (χ1) is 13.5. The van der Waals surface area contributed by atoms with Gasteiger partial charge >= 0.3 is 0 Å². The molecule has 1 aromatic heterocycles. The third kappa shape index (κ3) is 3.99. The van der Waals surface area contributed by atoms with Crippen molar-refractivity contribution >= 4 is 10.9 Å². The third-order valence-electron chi connectivity index (χ3n) is 6.79. The van der Waals surface area contributed by atoms with Crippen LogP contribution in [0.15, 0.2) is 18.2 Å². The molecular formula is C23H39N4O+3. The van der Waals surface area contributed by atoms with E-state index in [1.54, 1.807) is 16.2 Å². The van der Waals surface area contributed by atoms with Gasteiger partial charge < -0.3 is 24.8 Å². The average Bonchev–Trinajstić information content (AvgIpc) is 2.98. The first-order valence-corrected chi connectivity index (χ1v) is 11.3. The molecule has 0 bridgehead atoms. The Balaban J connectivity index is 1.43. The van der Waals surface area contributed by atoms with Crippen LogP contribution in [0.4, 0.5) is 0 Å². The summed E-state index contributed by atoms with van der Waals surface area (Å²) in [7, 11) is 4.40. The Bertz CT molecular complexity index is 813. The molecule has 5 heteroatoms. The topological polar surface area (TPSA) is 50.6 Å². The van der Waals surface area contributed by atoms with E-state index in [-0.39, 0.29) is 6.10 Å². The van der Waals surface area contributed by atoms with Crippen LogP contribution in [-0.2, 0) is 13.0 Å². The number of aromatic nitrogens is 1. The minimum absolute atomic E-state index is 0.203. The molecule has 1 aliphatic heterocycles. The van der Waals surface area contributed by atoms with Crippen LogP contribution in [0.3, 0.4) is 0 Å². The molecule has 0 radical (unpaired) electrons. The van der Waals surface area contributed by atoms with Crippen LogP contribution in [0, 0.1) is 6.92 Å². The summed E-state index contributed by atoms with van der Waals surface area (Å²) in [5.41, 5.74) is 5.97. The molecule has 1 aromatic carbocycles. The SMILES string of the molecule is Cc1ccc2c(c1)c1c3n2CC[NH+](CC(O)C[NH2+]CCC[NH+](C)C)C3CCC1. The predicted molar refractivity (Wildman–Crippen MR) is 113 cm³/mol. The average molecular weight is 388 g/mol. The van der Waals surface area contributed by atoms with Crippen LogP contribution in [0.1, 0.15) is 42.1 Å². The number of nitrogens with two attached hydrogens (primary N) is 1. The maximum absolute atomic E-state index is 10.7. The van der Waals surface area contributed by atoms with E-state index in [2.05, 4.69) is 49.1 Å². The Morgan fingerprint density at radius 3 is 3.04 bits per heavy atom. The van der Waals surface area contributed by atoms with Crippen molar-refractivity contribution in [1.29, 1.82) is 0 Å². The lowest BCUT2D eigenvalue weighted by Crippen LogP contribution is -3.15. The van der Waals surface area contributed by atoms with Gasteiger partial charge in [0, 0.05) is 23.7 Å². The minimum Gasteiger partial charge on any atom is -0.382 e. The molecule has 3 atom stereocenters. The Hall–Kier alpha value is -1.40. The molecule has 5 N–H and O–H groups in total. The van der Waals surface area contributed by atoms with Crippen molar-refractivity contribution < 1.29 is 20.2 Å². The second-order valence-corrected chi connectivity index (χ2v) is 9.37. The third-order valence-corrected chi connectivity index (χ3v) is 6.79. The monoisotopic (exact) mass is 387 g/mol. The summed E-state index contributed by atoms with van der Waals surface area (Å²) in [6.07, 6.45) is 4.78. The van der Waals surface area contributed by atoms with Crippen molar-refractivity contribution in [3.8, 4) is 0 Å². The minimum atomic E-state index is -0.203. The summed E-state index contributed by atoms with van der Waals surface area (Å²) in [5.74, 6) is 0. The molecule has 154 valence electrons. The molecule has 4 rings (SSSR count). The fourth-order valence-electron chi connectivity index (χ4n) is 5.45. The van der Waals surface area contributed by atoms with Crippen LogP contribution in [0.25, 0.3) is 10.9 Å². The van der Waals surface area contributed by atoms with Gasteiger partial charge in [0.1, 0.15) is 19.1 Å². The van der Waals surface area contributed by atoms with Gasteiger partial charge in [-0.15, -0.1) is 0 Å². The van der Waals surface area contributed by atoms with Gasteiger partial charge in [-0.25, -0.2) is 0 Å². The molecular weight excluding hydrogens is 348 g/mol. The fraction of sp³-hybridized carbons (Fsp3) is 0.652. The molecule has 2 heterocycles. The molecule has 1 aliphatic carbocycles. The van der Waals surface area contributed by atoms with Gasteiger partial charge in [0.25, 0.3) is 0 Å². The number of benzene rings is 1. The van der Waals surface area contributed by atoms with Crippen molar-refractivity contribution in [2.24, 2.45) is 0 Å². The van der Waals surface area contributed by atoms with Crippen molar-refractivity contribution in [1.82, 2.24) is 4.57 Å². The lowest BCUT2D eigenvalue weighted by molar-refractivity contribution is -0.941. The summed E-state index contributed by atoms with van der Waals surface area (Å²) in [5, 5.41) is 14.5. The first-order valence-electron chi connectivity index (χ1n) is 11.3. The summed E-state index contributed by atoms with van der Waals surface area (Å²) >= 11 is 0. The van der Waals surface area contributed by atoms with Gasteiger partial charge in [0.15, 0.2) is 6.10 Å². The molecule has 0 fully saturated rings. The van der Waals surface area contributed by atoms with Gasteiger partial charge in [-0.05, 0) is 37.5 Å². The highest BCUT2D eigenvalue weighted by molar-refractivity contribution is 5.86. The molecule has 0 amide bonds. The van der Waals surface area contributed by atoms with Crippen LogP contribution in [-0.4, -0.2) is 62.6 Å². The van der Waals surface area contributed by atoms with Crippen molar-refractivity contribution in [3.05, 3.63) is 35.0 Å². The molecule has 0 spiro atoms. The number of fused-ring (bicyclic) bond motifs is 3. The number of quaternary nitrogens is 3. The normalized spacial score (nSPS) is 22.6. The number of hydrogen-bond acceptors (Lipinski definition) is 1. The van der Waals surface area contributed by atoms with E-state index < -0.39 is 0 Å². The maximum atomic E-state index is 10.7. The number of nitrogens with zero attached hydrogens (tertiary/aromatic N) is 1. The molecule has 28 heavy (non-hydrogen) atoms. The largest absolute Gasteiger partial charge is 0.382 e. The molecule has 5 nitrogen and oxygen atoms in total. The smallest absolute Gasteiger partial charge is 0.151 e. The number of hydrogen-bond donors (Lipinski definition) is 4. The van der Waals surface area contributed by atoms with E-state index in [0.717, 1.165) is 32.7 Å². The van der Waals surface area contributed by atoms with Gasteiger partial charge in [-0.1, -0.05) is 11.6 Å². The number of aliphatic hydroxyl groups is 1. The lowest BCUT2D eigenvalue weighted by Gasteiger charge is -2.37. The zero-order chi connectivity index (χ0) is 19.7. The van der Waals surface area contributed by atoms with Crippen molar-refractivity contribution in [3.63, 3.8) is 0 Å². The van der Waals surface area contributed by atoms with Crippen LogP contribution >= 0.6 is 0 Å². The number of nitrogens with one attached hydrogen (secondary N) is 2. The Morgan fingerprint density at radius 2 is 2.21 bits per heavy atom. The van der Waals surface area contributed by atoms with Gasteiger partial charge in [0.05, 0.1) is 46.0 Å². The van der Waals surface area contributed by atoms with E-state index >= 15 is 0 Å². The molecule has 3 unspecified atom stereocenters. The first kappa shape index (κ1) is 19.9. The molecule has 2 aliphatic rings. The maximum Gasteiger partial charge on any atom is 0.151 e. The molecule has 2 aromatic rings. The Morgan fingerprint density at radius 1 is 1.36 bits per heavy atom. The van der Waals surface area contributed by atoms with E-state index in [0.29, 0.717) is 6.04 Å². The number of aliphatic hydroxyl groups excluding tert-OH is 1. The lowest BCUT2D eigenvalue weighted by atomic mass is 9.89. The van der Waals surface area contributed by atoms with Gasteiger partial charge in [0.2, 0.25) is 0 Å². The molecule has 0 saturated heterocycles. The summed E-state index contributed by atoms with van der Waals surface area (Å²) in [6, 6.07) is 7.53. The highest BCUT2D eigenvalue weighted by Crippen LogP contribution is 2.37. The quantitative estimate of drug-likeness (QED) is 0.418. The van der Waals surface area contributed by atoms with E-state index in [1.807, 2.05) is 0 Å². The van der Waals surface area contributed by atoms with Crippen LogP contribution in [0.5, 0.6) is 0 Å². The summed E-state index contributed by atoms with van der Waals surface area (Å²) < 4.78 is 2.60. The Labute approximate surface area is 169 Å². The second-order valence-electron chi connectivity index (χ2n) is 9.37. The van der Waals surface area contributed by atoms with E-state index in [9.17, 15) is 5.11 Å². The Kier molecular flexibility index (Phi) is 6.07. The second kappa shape index (κ2) is 8.54. The van der Waals surface area contributed by atoms with Crippen molar-refractivity contribution in [2.75, 3.05) is 46.8 Å². The zero-order valence-electron chi connectivity index (χ0n) is 17.9. The summed E-state index contributed by atoms with van der Waals surface area (Å²) in [6.45, 7) is 8.48. The predicted octanol–water partition coefficient (Wildman–Crippen LogP) is -1.32. The fourth-order valence-corrected chi connectivity index (χ4v) is 5.45. The van der Waals surface area contributed by atoms with Gasteiger partial charge in [-0.3, -0.25) is 0 Å². The molecule has 0 saturated carbocycles. The summed E-state index contributed by atoms with van der Waals surface area (Å²) in [4.78, 5) is 3.11. The standard InChI is InChI=1S/C23H36N4O/c1-17-8-9-21-20(14-17)19-6-4-7-22-23(19)27(21)13-12-26(22)16-18(28)15-24-10-5-11-25(2)3/h8-9,14,18,22,24,28H,4-7,10-13,15-16H2,1-3H3/p+3. The highest BCUT2D eigenvalue weighted by atomic mass is 16.3. The number of rotatable bonds is 8. The van der Waals surface area contributed by atoms with Crippen LogP contribution < -0.4 is 15.1 Å². The van der Waals surface area contributed by atoms with E-state index in [1.165, 1.54) is 53.6 Å². The van der Waals surface area contributed by atoms with E-state index in [4.69, 9.17) is 0 Å². The van der Waals surface area contributed by atoms with Crippen molar-refractivity contribution in [2.45, 2.75) is 51.3 Å². The van der Waals surface area contributed by atoms with Crippen LogP contribution in [0.2, 0.25) is 0 Å². The zero-order valence-corrected chi connectivity index (χ0v) is 17.9. The number of aryl methyl sites for hydroxylation is 2.